The number of carboxylic acid groups (broad SMARTS) is 1. The minimum atomic E-state index is -1.05. The lowest BCUT2D eigenvalue weighted by Gasteiger charge is -2.28. The molecule has 5 N–H and O–H groups in total. The van der Waals surface area contributed by atoms with Gasteiger partial charge in [-0.15, -0.1) is 0 Å². The number of hydrogen-bond donors (Lipinski definition) is 4. The van der Waals surface area contributed by atoms with E-state index in [4.69, 9.17) is 5.73 Å². The van der Waals surface area contributed by atoms with Crippen LogP contribution in [0.3, 0.4) is 0 Å². The Labute approximate surface area is 145 Å². The number of carboxylic acids is 1. The highest BCUT2D eigenvalue weighted by molar-refractivity contribution is 5.92. The first-order valence-corrected chi connectivity index (χ1v) is 8.16. The van der Waals surface area contributed by atoms with Crippen molar-refractivity contribution in [1.29, 1.82) is 0 Å². The fraction of sp³-hybridized carbons (Fsp3) is 0.471. The summed E-state index contributed by atoms with van der Waals surface area (Å²) < 4.78 is 0. The summed E-state index contributed by atoms with van der Waals surface area (Å²) >= 11 is 0. The molecule has 0 saturated carbocycles. The smallest absolute Gasteiger partial charge is 0.326 e. The van der Waals surface area contributed by atoms with Crippen LogP contribution in [0.5, 0.6) is 5.75 Å². The maximum absolute atomic E-state index is 12.8. The Hall–Kier alpha value is -2.61. The van der Waals surface area contributed by atoms with Gasteiger partial charge in [-0.25, -0.2) is 4.79 Å². The third-order valence-electron chi connectivity index (χ3n) is 4.23. The Morgan fingerprint density at radius 1 is 1.32 bits per heavy atom. The number of nitrogens with zero attached hydrogens (tertiary/aromatic N) is 1. The van der Waals surface area contributed by atoms with Gasteiger partial charge in [0.1, 0.15) is 17.8 Å². The number of rotatable bonds is 6. The summed E-state index contributed by atoms with van der Waals surface area (Å²) in [7, 11) is 0. The minimum Gasteiger partial charge on any atom is -0.508 e. The van der Waals surface area contributed by atoms with Gasteiger partial charge < -0.3 is 26.2 Å². The summed E-state index contributed by atoms with van der Waals surface area (Å²) in [4.78, 5) is 37.5. The Morgan fingerprint density at radius 3 is 2.52 bits per heavy atom. The molecule has 136 valence electrons. The van der Waals surface area contributed by atoms with Gasteiger partial charge in [0.15, 0.2) is 0 Å². The largest absolute Gasteiger partial charge is 0.508 e. The van der Waals surface area contributed by atoms with Gasteiger partial charge in [0, 0.05) is 13.0 Å². The monoisotopic (exact) mass is 349 g/mol. The third-order valence-corrected chi connectivity index (χ3v) is 4.23. The van der Waals surface area contributed by atoms with Gasteiger partial charge >= 0.3 is 5.97 Å². The van der Waals surface area contributed by atoms with Crippen molar-refractivity contribution < 1.29 is 24.6 Å². The van der Waals surface area contributed by atoms with E-state index in [1.165, 1.54) is 24.0 Å². The van der Waals surface area contributed by atoms with Crippen molar-refractivity contribution in [1.82, 2.24) is 10.2 Å². The molecule has 2 amide bonds. The lowest BCUT2D eigenvalue weighted by atomic mass is 10.0. The zero-order chi connectivity index (χ0) is 18.6. The average Bonchev–Trinajstić information content (AvgIpc) is 3.05. The van der Waals surface area contributed by atoms with Gasteiger partial charge in [-0.05, 0) is 37.5 Å². The molecular formula is C17H23N3O5. The fourth-order valence-electron chi connectivity index (χ4n) is 2.86. The van der Waals surface area contributed by atoms with Crippen LogP contribution in [0.25, 0.3) is 0 Å². The Balaban J connectivity index is 2.20. The SMILES string of the molecule is C[C@H](N)C(=O)N[C@@H](Cc1ccc(O)cc1)C(=O)N1CCC[C@@H]1C(=O)O. The summed E-state index contributed by atoms with van der Waals surface area (Å²) in [6, 6.07) is 3.69. The average molecular weight is 349 g/mol. The molecule has 8 heteroatoms. The maximum atomic E-state index is 12.8. The van der Waals surface area contributed by atoms with Gasteiger partial charge in [0.25, 0.3) is 0 Å². The molecule has 2 rings (SSSR count). The molecule has 0 radical (unpaired) electrons. The first kappa shape index (κ1) is 18.7. The number of likely N-dealkylation sites (tertiary alicyclic amines) is 1. The second kappa shape index (κ2) is 7.98. The van der Waals surface area contributed by atoms with Crippen molar-refractivity contribution in [2.45, 2.75) is 44.3 Å². The normalized spacial score (nSPS) is 19.3. The molecular weight excluding hydrogens is 326 g/mol. The summed E-state index contributed by atoms with van der Waals surface area (Å²) in [5, 5.41) is 21.2. The topological polar surface area (TPSA) is 133 Å². The van der Waals surface area contributed by atoms with Crippen LogP contribution < -0.4 is 11.1 Å². The van der Waals surface area contributed by atoms with Crippen LogP contribution in [0, 0.1) is 0 Å². The Morgan fingerprint density at radius 2 is 1.96 bits per heavy atom. The molecule has 1 heterocycles. The van der Waals surface area contributed by atoms with Crippen molar-refractivity contribution in [2.24, 2.45) is 5.73 Å². The Bertz CT molecular complexity index is 644. The van der Waals surface area contributed by atoms with Crippen LogP contribution in [-0.4, -0.2) is 57.6 Å². The number of nitrogens with one attached hydrogen (secondary N) is 1. The molecule has 1 aliphatic rings. The number of nitrogens with two attached hydrogens (primary N) is 1. The number of amides is 2. The van der Waals surface area contributed by atoms with E-state index in [-0.39, 0.29) is 12.2 Å². The zero-order valence-electron chi connectivity index (χ0n) is 14.0. The summed E-state index contributed by atoms with van der Waals surface area (Å²) in [6.07, 6.45) is 1.19. The highest BCUT2D eigenvalue weighted by atomic mass is 16.4. The number of aliphatic carboxylic acids is 1. The second-order valence-electron chi connectivity index (χ2n) is 6.25. The van der Waals surface area contributed by atoms with Gasteiger partial charge in [0.05, 0.1) is 6.04 Å². The fourth-order valence-corrected chi connectivity index (χ4v) is 2.86. The molecule has 1 saturated heterocycles. The van der Waals surface area contributed by atoms with E-state index in [9.17, 15) is 24.6 Å². The van der Waals surface area contributed by atoms with Crippen LogP contribution >= 0.6 is 0 Å². The van der Waals surface area contributed by atoms with Crippen LogP contribution in [-0.2, 0) is 20.8 Å². The molecule has 3 atom stereocenters. The molecule has 0 bridgehead atoms. The van der Waals surface area contributed by atoms with Gasteiger partial charge in [-0.3, -0.25) is 9.59 Å². The van der Waals surface area contributed by atoms with Crippen molar-refractivity contribution in [3.8, 4) is 5.75 Å². The van der Waals surface area contributed by atoms with Crippen LogP contribution in [0.15, 0.2) is 24.3 Å². The zero-order valence-corrected chi connectivity index (χ0v) is 14.0. The number of benzene rings is 1. The molecule has 1 aromatic rings. The van der Waals surface area contributed by atoms with Crippen molar-refractivity contribution in [3.05, 3.63) is 29.8 Å². The standard InChI is InChI=1S/C17H23N3O5/c1-10(18)15(22)19-13(9-11-4-6-12(21)7-5-11)16(23)20-8-2-3-14(20)17(24)25/h4-7,10,13-14,21H,2-3,8-9,18H2,1H3,(H,19,22)(H,24,25)/t10-,13-,14+/m0/s1. The predicted octanol–water partition coefficient (Wildman–Crippen LogP) is -0.158. The van der Waals surface area contributed by atoms with E-state index in [2.05, 4.69) is 5.32 Å². The van der Waals surface area contributed by atoms with Crippen LogP contribution in [0.1, 0.15) is 25.3 Å². The van der Waals surface area contributed by atoms with Crippen LogP contribution in [0.4, 0.5) is 0 Å². The number of aromatic hydroxyl groups is 1. The molecule has 0 spiro atoms. The molecule has 0 unspecified atom stereocenters. The van der Waals surface area contributed by atoms with E-state index < -0.39 is 35.9 Å². The van der Waals surface area contributed by atoms with E-state index in [1.807, 2.05) is 0 Å². The number of phenolic OH excluding ortho intramolecular Hbond substituents is 1. The molecule has 0 aliphatic carbocycles. The first-order valence-electron chi connectivity index (χ1n) is 8.16. The van der Waals surface area contributed by atoms with Gasteiger partial charge in [-0.1, -0.05) is 12.1 Å². The third kappa shape index (κ3) is 4.69. The summed E-state index contributed by atoms with van der Waals surface area (Å²) in [5.41, 5.74) is 6.29. The first-order chi connectivity index (χ1) is 11.8. The minimum absolute atomic E-state index is 0.0942. The number of hydrogen-bond acceptors (Lipinski definition) is 5. The lowest BCUT2D eigenvalue weighted by molar-refractivity contribution is -0.149. The molecule has 1 aliphatic heterocycles. The van der Waals surface area contributed by atoms with Gasteiger partial charge in [-0.2, -0.15) is 0 Å². The maximum Gasteiger partial charge on any atom is 0.326 e. The number of phenols is 1. The second-order valence-corrected chi connectivity index (χ2v) is 6.25. The molecule has 8 nitrogen and oxygen atoms in total. The summed E-state index contributed by atoms with van der Waals surface area (Å²) in [6.45, 7) is 1.85. The van der Waals surface area contributed by atoms with Gasteiger partial charge in [0.2, 0.25) is 11.8 Å². The molecule has 0 aromatic heterocycles. The lowest BCUT2D eigenvalue weighted by Crippen LogP contribution is -2.54. The highest BCUT2D eigenvalue weighted by Gasteiger charge is 2.37. The van der Waals surface area contributed by atoms with Crippen molar-refractivity contribution in [2.75, 3.05) is 6.54 Å². The highest BCUT2D eigenvalue weighted by Crippen LogP contribution is 2.20. The summed E-state index contributed by atoms with van der Waals surface area (Å²) in [5.74, 6) is -1.88. The molecule has 1 aromatic carbocycles. The molecule has 1 fully saturated rings. The Kier molecular flexibility index (Phi) is 5.97. The predicted molar refractivity (Wildman–Crippen MR) is 89.8 cm³/mol. The van der Waals surface area contributed by atoms with E-state index >= 15 is 0 Å². The van der Waals surface area contributed by atoms with E-state index in [0.29, 0.717) is 19.4 Å². The van der Waals surface area contributed by atoms with Crippen molar-refractivity contribution >= 4 is 17.8 Å². The van der Waals surface area contributed by atoms with Crippen LogP contribution in [0.2, 0.25) is 0 Å². The van der Waals surface area contributed by atoms with Crippen molar-refractivity contribution in [3.63, 3.8) is 0 Å². The molecule has 25 heavy (non-hydrogen) atoms. The van der Waals surface area contributed by atoms with E-state index in [0.717, 1.165) is 5.56 Å². The van der Waals surface area contributed by atoms with E-state index in [1.54, 1.807) is 12.1 Å². The number of carbonyl (C=O) groups is 3. The number of carbonyl (C=O) groups excluding carboxylic acids is 2. The quantitative estimate of drug-likeness (QED) is 0.564.